The van der Waals surface area contributed by atoms with Crippen molar-refractivity contribution in [2.75, 3.05) is 11.1 Å². The molecule has 0 unspecified atom stereocenters. The van der Waals surface area contributed by atoms with Crippen LogP contribution in [0.1, 0.15) is 17.0 Å². The molecular weight excluding hydrogens is 468 g/mol. The number of aromatic nitrogens is 3. The quantitative estimate of drug-likeness (QED) is 0.309. The number of hydrogen-bond donors (Lipinski definition) is 2. The number of nitrogens with one attached hydrogen (secondary N) is 2. The number of aryl methyl sites for hydroxylation is 2. The molecule has 3 aromatic heterocycles. The number of halogens is 1. The van der Waals surface area contributed by atoms with Gasteiger partial charge in [-0.1, -0.05) is 17.8 Å². The van der Waals surface area contributed by atoms with E-state index in [1.807, 2.05) is 38.1 Å². The summed E-state index contributed by atoms with van der Waals surface area (Å²) >= 11 is 4.67. The number of aromatic amines is 1. The molecule has 0 aliphatic heterocycles. The molecule has 30 heavy (non-hydrogen) atoms. The summed E-state index contributed by atoms with van der Waals surface area (Å²) < 4.78 is 7.74. The molecule has 0 aliphatic rings. The zero-order valence-electron chi connectivity index (χ0n) is 16.4. The maximum absolute atomic E-state index is 13.0. The van der Waals surface area contributed by atoms with E-state index >= 15 is 0 Å². The second-order valence-electron chi connectivity index (χ2n) is 6.90. The summed E-state index contributed by atoms with van der Waals surface area (Å²) in [6, 6.07) is 11.1. The first-order valence-electron chi connectivity index (χ1n) is 9.22. The van der Waals surface area contributed by atoms with Gasteiger partial charge in [0, 0.05) is 10.2 Å². The van der Waals surface area contributed by atoms with Crippen LogP contribution in [-0.4, -0.2) is 26.2 Å². The number of anilines is 1. The molecule has 0 fully saturated rings. The summed E-state index contributed by atoms with van der Waals surface area (Å²) in [7, 11) is 0. The lowest BCUT2D eigenvalue weighted by atomic mass is 10.2. The Balaban J connectivity index is 1.59. The molecular formula is C21H19BrN4O3S. The smallest absolute Gasteiger partial charge is 0.278 e. The van der Waals surface area contributed by atoms with Gasteiger partial charge in [-0.2, -0.15) is 0 Å². The second kappa shape index (κ2) is 8.53. The molecule has 0 radical (unpaired) electrons. The van der Waals surface area contributed by atoms with Gasteiger partial charge in [0.25, 0.3) is 5.56 Å². The number of nitrogens with zero attached hydrogens (tertiary/aromatic N) is 2. The van der Waals surface area contributed by atoms with Gasteiger partial charge < -0.3 is 14.7 Å². The number of benzene rings is 1. The Kier molecular flexibility index (Phi) is 5.83. The molecule has 0 saturated carbocycles. The van der Waals surface area contributed by atoms with E-state index in [9.17, 15) is 9.59 Å². The SMILES string of the molecule is Cc1ccc(NC(=O)CSc2nc3cc(C)[nH]c3c(=O)n2Cc2ccco2)c(Br)c1. The lowest BCUT2D eigenvalue weighted by Crippen LogP contribution is -2.24. The number of hydrogen-bond acceptors (Lipinski definition) is 5. The van der Waals surface area contributed by atoms with Crippen LogP contribution in [0.4, 0.5) is 5.69 Å². The van der Waals surface area contributed by atoms with Crippen LogP contribution in [0, 0.1) is 13.8 Å². The molecule has 0 saturated heterocycles. The molecule has 9 heteroatoms. The van der Waals surface area contributed by atoms with E-state index in [1.54, 1.807) is 18.4 Å². The van der Waals surface area contributed by atoms with Gasteiger partial charge in [0.05, 0.1) is 29.8 Å². The summed E-state index contributed by atoms with van der Waals surface area (Å²) in [5.41, 5.74) is 3.46. The average molecular weight is 487 g/mol. The van der Waals surface area contributed by atoms with Crippen molar-refractivity contribution in [3.8, 4) is 0 Å². The van der Waals surface area contributed by atoms with Gasteiger partial charge in [-0.05, 0) is 65.7 Å². The van der Waals surface area contributed by atoms with Crippen LogP contribution < -0.4 is 10.9 Å². The number of rotatable bonds is 6. The highest BCUT2D eigenvalue weighted by atomic mass is 79.9. The molecule has 2 N–H and O–H groups in total. The minimum atomic E-state index is -0.200. The highest BCUT2D eigenvalue weighted by Gasteiger charge is 2.16. The lowest BCUT2D eigenvalue weighted by molar-refractivity contribution is -0.113. The number of carbonyl (C=O) groups is 1. The number of amides is 1. The third kappa shape index (κ3) is 4.36. The topological polar surface area (TPSA) is 92.9 Å². The monoisotopic (exact) mass is 486 g/mol. The predicted octanol–water partition coefficient (Wildman–Crippen LogP) is 4.48. The zero-order chi connectivity index (χ0) is 21.3. The van der Waals surface area contributed by atoms with Crippen LogP contribution in [0.15, 0.2) is 61.5 Å². The van der Waals surface area contributed by atoms with Crippen LogP contribution in [-0.2, 0) is 11.3 Å². The molecule has 4 aromatic rings. The Morgan fingerprint density at radius 1 is 1.30 bits per heavy atom. The van der Waals surface area contributed by atoms with E-state index in [2.05, 4.69) is 31.2 Å². The van der Waals surface area contributed by atoms with Crippen molar-refractivity contribution in [1.29, 1.82) is 0 Å². The summed E-state index contributed by atoms with van der Waals surface area (Å²) in [4.78, 5) is 33.2. The lowest BCUT2D eigenvalue weighted by Gasteiger charge is -2.11. The number of carbonyl (C=O) groups excluding carboxylic acids is 1. The van der Waals surface area contributed by atoms with Crippen molar-refractivity contribution in [1.82, 2.24) is 14.5 Å². The Labute approximate surface area is 185 Å². The largest absolute Gasteiger partial charge is 0.467 e. The Morgan fingerprint density at radius 2 is 2.13 bits per heavy atom. The highest BCUT2D eigenvalue weighted by Crippen LogP contribution is 2.24. The van der Waals surface area contributed by atoms with Crippen molar-refractivity contribution >= 4 is 50.3 Å². The first-order chi connectivity index (χ1) is 14.4. The van der Waals surface area contributed by atoms with Gasteiger partial charge in [-0.15, -0.1) is 0 Å². The standard InChI is InChI=1S/C21H19BrN4O3S/c1-12-5-6-16(15(22)8-12)24-18(27)11-30-21-25-17-9-13(2)23-19(17)20(28)26(21)10-14-4-3-7-29-14/h3-9,23H,10-11H2,1-2H3,(H,24,27). The summed E-state index contributed by atoms with van der Waals surface area (Å²) in [6.07, 6.45) is 1.56. The molecule has 154 valence electrons. The first kappa shape index (κ1) is 20.5. The summed E-state index contributed by atoms with van der Waals surface area (Å²) in [5.74, 6) is 0.560. The van der Waals surface area contributed by atoms with E-state index < -0.39 is 0 Å². The van der Waals surface area contributed by atoms with Crippen LogP contribution in [0.3, 0.4) is 0 Å². The minimum Gasteiger partial charge on any atom is -0.467 e. The zero-order valence-corrected chi connectivity index (χ0v) is 18.8. The van der Waals surface area contributed by atoms with Gasteiger partial charge >= 0.3 is 0 Å². The van der Waals surface area contributed by atoms with E-state index in [0.29, 0.717) is 27.6 Å². The molecule has 0 spiro atoms. The molecule has 1 amide bonds. The molecule has 0 atom stereocenters. The van der Waals surface area contributed by atoms with E-state index in [4.69, 9.17) is 4.42 Å². The van der Waals surface area contributed by atoms with Crippen molar-refractivity contribution in [3.63, 3.8) is 0 Å². The van der Waals surface area contributed by atoms with Gasteiger partial charge in [-0.25, -0.2) is 4.98 Å². The van der Waals surface area contributed by atoms with Crippen molar-refractivity contribution < 1.29 is 9.21 Å². The van der Waals surface area contributed by atoms with Crippen LogP contribution >= 0.6 is 27.7 Å². The van der Waals surface area contributed by atoms with E-state index in [1.165, 1.54) is 16.3 Å². The van der Waals surface area contributed by atoms with Crippen molar-refractivity contribution in [3.05, 3.63) is 74.5 Å². The number of thioether (sulfide) groups is 1. The maximum atomic E-state index is 13.0. The van der Waals surface area contributed by atoms with E-state index in [-0.39, 0.29) is 23.8 Å². The molecule has 0 aliphatic carbocycles. The molecule has 0 bridgehead atoms. The number of furan rings is 1. The number of fused-ring (bicyclic) bond motifs is 1. The third-order valence-corrected chi connectivity index (χ3v) is 6.10. The van der Waals surface area contributed by atoms with Crippen LogP contribution in [0.5, 0.6) is 0 Å². The van der Waals surface area contributed by atoms with E-state index in [0.717, 1.165) is 15.7 Å². The van der Waals surface area contributed by atoms with Gasteiger partial charge in [0.15, 0.2) is 5.16 Å². The normalized spacial score (nSPS) is 11.2. The van der Waals surface area contributed by atoms with Crippen LogP contribution in [0.2, 0.25) is 0 Å². The molecule has 3 heterocycles. The Hall–Kier alpha value is -2.78. The number of H-pyrrole nitrogens is 1. The Morgan fingerprint density at radius 3 is 2.87 bits per heavy atom. The fourth-order valence-electron chi connectivity index (χ4n) is 3.06. The van der Waals surface area contributed by atoms with Gasteiger partial charge in [0.1, 0.15) is 11.3 Å². The third-order valence-electron chi connectivity index (χ3n) is 4.46. The second-order valence-corrected chi connectivity index (χ2v) is 8.69. The van der Waals surface area contributed by atoms with Crippen molar-refractivity contribution in [2.45, 2.75) is 25.5 Å². The molecule has 1 aromatic carbocycles. The Bertz CT molecular complexity index is 1280. The summed E-state index contributed by atoms with van der Waals surface area (Å²) in [6.45, 7) is 4.09. The minimum absolute atomic E-state index is 0.111. The van der Waals surface area contributed by atoms with Gasteiger partial charge in [-0.3, -0.25) is 14.2 Å². The fourth-order valence-corrected chi connectivity index (χ4v) is 4.45. The highest BCUT2D eigenvalue weighted by molar-refractivity contribution is 9.10. The fraction of sp³-hybridized carbons (Fsp3) is 0.190. The van der Waals surface area contributed by atoms with Crippen LogP contribution in [0.25, 0.3) is 11.0 Å². The van der Waals surface area contributed by atoms with Gasteiger partial charge in [0.2, 0.25) is 5.91 Å². The molecule has 7 nitrogen and oxygen atoms in total. The average Bonchev–Trinajstić information content (AvgIpc) is 3.34. The summed E-state index contributed by atoms with van der Waals surface area (Å²) in [5, 5.41) is 3.34. The molecule has 4 rings (SSSR count). The maximum Gasteiger partial charge on any atom is 0.278 e. The van der Waals surface area contributed by atoms with Crippen molar-refractivity contribution in [2.24, 2.45) is 0 Å². The first-order valence-corrected chi connectivity index (χ1v) is 11.0. The predicted molar refractivity (Wildman–Crippen MR) is 121 cm³/mol.